The molecule has 21 heavy (non-hydrogen) atoms. The third-order valence-corrected chi connectivity index (χ3v) is 6.80. The van der Waals surface area contributed by atoms with Crippen molar-refractivity contribution in [1.29, 1.82) is 0 Å². The topological polar surface area (TPSA) is 61.9 Å². The quantitative estimate of drug-likeness (QED) is 0.697. The van der Waals surface area contributed by atoms with Crippen LogP contribution >= 0.6 is 0 Å². The van der Waals surface area contributed by atoms with Gasteiger partial charge in [0, 0.05) is 26.2 Å². The molecule has 3 rings (SSSR count). The standard InChI is InChI=1S/C14H27N3O3S/c1-16(9-3-8-15-12-6-7-12)21(18,19)17-10-11-20-14-5-2-4-13(14)17/h12-15H,2-11H2,1H3. The minimum absolute atomic E-state index is 0.0517. The number of ether oxygens (including phenoxy) is 1. The molecule has 0 amide bonds. The summed E-state index contributed by atoms with van der Waals surface area (Å²) in [5, 5.41) is 3.42. The van der Waals surface area contributed by atoms with Crippen LogP contribution < -0.4 is 5.32 Å². The number of nitrogens with one attached hydrogen (secondary N) is 1. The fourth-order valence-electron chi connectivity index (χ4n) is 3.37. The molecule has 7 heteroatoms. The second-order valence-corrected chi connectivity index (χ2v) is 8.42. The Labute approximate surface area is 128 Å². The molecule has 3 fully saturated rings. The van der Waals surface area contributed by atoms with Crippen LogP contribution in [0.3, 0.4) is 0 Å². The zero-order valence-electron chi connectivity index (χ0n) is 12.8. The number of hydrogen-bond acceptors (Lipinski definition) is 4. The Kier molecular flexibility index (Phi) is 4.85. The highest BCUT2D eigenvalue weighted by Crippen LogP contribution is 2.32. The maximum Gasteiger partial charge on any atom is 0.282 e. The molecule has 0 aromatic carbocycles. The molecule has 1 aliphatic heterocycles. The molecule has 1 saturated heterocycles. The van der Waals surface area contributed by atoms with Gasteiger partial charge in [-0.05, 0) is 45.1 Å². The van der Waals surface area contributed by atoms with Crippen LogP contribution in [0.5, 0.6) is 0 Å². The largest absolute Gasteiger partial charge is 0.375 e. The molecule has 3 aliphatic rings. The van der Waals surface area contributed by atoms with Crippen molar-refractivity contribution in [2.75, 3.05) is 33.3 Å². The van der Waals surface area contributed by atoms with Gasteiger partial charge in [0.25, 0.3) is 10.2 Å². The summed E-state index contributed by atoms with van der Waals surface area (Å²) in [5.41, 5.74) is 0. The number of morpholine rings is 1. The molecule has 0 aromatic rings. The van der Waals surface area contributed by atoms with Crippen LogP contribution in [0.2, 0.25) is 0 Å². The summed E-state index contributed by atoms with van der Waals surface area (Å²) < 4.78 is 34.4. The molecule has 122 valence electrons. The first-order valence-corrected chi connectivity index (χ1v) is 9.57. The molecule has 0 bridgehead atoms. The van der Waals surface area contributed by atoms with Gasteiger partial charge < -0.3 is 10.1 Å². The maximum atomic E-state index is 12.7. The zero-order chi connectivity index (χ0) is 14.9. The average molecular weight is 317 g/mol. The Morgan fingerprint density at radius 1 is 1.29 bits per heavy atom. The second kappa shape index (κ2) is 6.50. The van der Waals surface area contributed by atoms with E-state index in [0.29, 0.717) is 25.7 Å². The number of rotatable bonds is 7. The zero-order valence-corrected chi connectivity index (χ0v) is 13.6. The summed E-state index contributed by atoms with van der Waals surface area (Å²) in [6.45, 7) is 2.50. The normalized spacial score (nSPS) is 30.8. The molecule has 6 nitrogen and oxygen atoms in total. The highest BCUT2D eigenvalue weighted by Gasteiger charge is 2.42. The minimum atomic E-state index is -3.34. The van der Waals surface area contributed by atoms with Gasteiger partial charge in [-0.25, -0.2) is 0 Å². The van der Waals surface area contributed by atoms with Gasteiger partial charge in [-0.1, -0.05) is 0 Å². The summed E-state index contributed by atoms with van der Waals surface area (Å²) in [6.07, 6.45) is 6.50. The van der Waals surface area contributed by atoms with E-state index < -0.39 is 10.2 Å². The van der Waals surface area contributed by atoms with Crippen molar-refractivity contribution in [3.05, 3.63) is 0 Å². The Hall–Kier alpha value is -0.210. The van der Waals surface area contributed by atoms with E-state index in [-0.39, 0.29) is 12.1 Å². The minimum Gasteiger partial charge on any atom is -0.375 e. The fraction of sp³-hybridized carbons (Fsp3) is 1.00. The highest BCUT2D eigenvalue weighted by molar-refractivity contribution is 7.86. The molecule has 0 spiro atoms. The molecule has 2 aliphatic carbocycles. The van der Waals surface area contributed by atoms with Crippen LogP contribution in [-0.2, 0) is 14.9 Å². The second-order valence-electron chi connectivity index (χ2n) is 6.43. The van der Waals surface area contributed by atoms with E-state index in [9.17, 15) is 8.42 Å². The summed E-state index contributed by atoms with van der Waals surface area (Å²) in [4.78, 5) is 0. The van der Waals surface area contributed by atoms with Crippen LogP contribution in [0.4, 0.5) is 0 Å². The Morgan fingerprint density at radius 2 is 2.10 bits per heavy atom. The molecule has 2 unspecified atom stereocenters. The summed E-state index contributed by atoms with van der Waals surface area (Å²) in [5.74, 6) is 0. The van der Waals surface area contributed by atoms with Gasteiger partial charge >= 0.3 is 0 Å². The smallest absolute Gasteiger partial charge is 0.282 e. The van der Waals surface area contributed by atoms with Crippen LogP contribution in [0.25, 0.3) is 0 Å². The summed E-state index contributed by atoms with van der Waals surface area (Å²) in [6, 6.07) is 0.737. The molecular weight excluding hydrogens is 290 g/mol. The van der Waals surface area contributed by atoms with Crippen molar-refractivity contribution in [2.24, 2.45) is 0 Å². The van der Waals surface area contributed by atoms with Crippen LogP contribution in [0.15, 0.2) is 0 Å². The lowest BCUT2D eigenvalue weighted by molar-refractivity contribution is -0.0258. The van der Waals surface area contributed by atoms with Crippen molar-refractivity contribution in [3.8, 4) is 0 Å². The predicted octanol–water partition coefficient (Wildman–Crippen LogP) is 0.558. The van der Waals surface area contributed by atoms with Crippen LogP contribution in [0.1, 0.15) is 38.5 Å². The van der Waals surface area contributed by atoms with Gasteiger partial charge in [-0.2, -0.15) is 17.0 Å². The lowest BCUT2D eigenvalue weighted by Crippen LogP contribution is -2.55. The fourth-order valence-corrected chi connectivity index (χ4v) is 4.97. The molecular formula is C14H27N3O3S. The molecule has 2 atom stereocenters. The van der Waals surface area contributed by atoms with Crippen LogP contribution in [0, 0.1) is 0 Å². The monoisotopic (exact) mass is 317 g/mol. The third kappa shape index (κ3) is 3.59. The number of fused-ring (bicyclic) bond motifs is 1. The van der Waals surface area contributed by atoms with Crippen molar-refractivity contribution < 1.29 is 13.2 Å². The third-order valence-electron chi connectivity index (χ3n) is 4.78. The van der Waals surface area contributed by atoms with Crippen LogP contribution in [-0.4, -0.2) is 68.5 Å². The summed E-state index contributed by atoms with van der Waals surface area (Å²) >= 11 is 0. The first kappa shape index (κ1) is 15.7. The van der Waals surface area contributed by atoms with Crippen molar-refractivity contribution in [2.45, 2.75) is 56.7 Å². The van der Waals surface area contributed by atoms with Gasteiger partial charge in [-0.15, -0.1) is 0 Å². The first-order chi connectivity index (χ1) is 10.1. The van der Waals surface area contributed by atoms with E-state index in [1.54, 1.807) is 11.4 Å². The van der Waals surface area contributed by atoms with Crippen molar-refractivity contribution in [3.63, 3.8) is 0 Å². The average Bonchev–Trinajstić information content (AvgIpc) is 3.17. The van der Waals surface area contributed by atoms with E-state index in [1.807, 2.05) is 0 Å². The van der Waals surface area contributed by atoms with E-state index in [2.05, 4.69) is 5.32 Å². The van der Waals surface area contributed by atoms with E-state index in [1.165, 1.54) is 17.1 Å². The summed E-state index contributed by atoms with van der Waals surface area (Å²) in [7, 11) is -1.64. The van der Waals surface area contributed by atoms with Gasteiger partial charge in [-0.3, -0.25) is 0 Å². The number of hydrogen-bond donors (Lipinski definition) is 1. The molecule has 2 saturated carbocycles. The van der Waals surface area contributed by atoms with E-state index in [0.717, 1.165) is 32.2 Å². The maximum absolute atomic E-state index is 12.7. The Balaban J connectivity index is 1.53. The van der Waals surface area contributed by atoms with E-state index in [4.69, 9.17) is 4.74 Å². The lowest BCUT2D eigenvalue weighted by Gasteiger charge is -2.38. The van der Waals surface area contributed by atoms with Crippen molar-refractivity contribution >= 4 is 10.2 Å². The molecule has 1 heterocycles. The molecule has 0 aromatic heterocycles. The first-order valence-electron chi connectivity index (χ1n) is 8.17. The Morgan fingerprint density at radius 3 is 2.86 bits per heavy atom. The highest BCUT2D eigenvalue weighted by atomic mass is 32.2. The van der Waals surface area contributed by atoms with Gasteiger partial charge in [0.2, 0.25) is 0 Å². The Bertz CT molecular complexity index is 452. The van der Waals surface area contributed by atoms with Gasteiger partial charge in [0.15, 0.2) is 0 Å². The SMILES string of the molecule is CN(CCCNC1CC1)S(=O)(=O)N1CCOC2CCCC21. The molecule has 1 N–H and O–H groups in total. The van der Waals surface area contributed by atoms with Gasteiger partial charge in [0.05, 0.1) is 18.8 Å². The lowest BCUT2D eigenvalue weighted by atomic mass is 10.2. The predicted molar refractivity (Wildman–Crippen MR) is 81.3 cm³/mol. The van der Waals surface area contributed by atoms with Crippen molar-refractivity contribution in [1.82, 2.24) is 13.9 Å². The molecule has 0 radical (unpaired) electrons. The van der Waals surface area contributed by atoms with E-state index >= 15 is 0 Å². The van der Waals surface area contributed by atoms with Gasteiger partial charge in [0.1, 0.15) is 0 Å². The number of nitrogens with zero attached hydrogens (tertiary/aromatic N) is 2.